The number of nitrogens with zero attached hydrogens (tertiary/aromatic N) is 1. The smallest absolute Gasteiger partial charge is 0.329 e. The van der Waals surface area contributed by atoms with Crippen molar-refractivity contribution in [3.05, 3.63) is 0 Å². The molecule has 2 saturated carbocycles. The van der Waals surface area contributed by atoms with Gasteiger partial charge in [-0.3, -0.25) is 4.90 Å². The van der Waals surface area contributed by atoms with E-state index in [0.717, 1.165) is 44.8 Å². The largest absolute Gasteiger partial charge is 0.480 e. The van der Waals surface area contributed by atoms with E-state index in [0.29, 0.717) is 12.8 Å². The predicted molar refractivity (Wildman–Crippen MR) is 78.1 cm³/mol. The Morgan fingerprint density at radius 2 is 1.81 bits per heavy atom. The number of carboxylic acids is 1. The van der Waals surface area contributed by atoms with E-state index in [1.54, 1.807) is 0 Å². The summed E-state index contributed by atoms with van der Waals surface area (Å²) >= 11 is 0. The van der Waals surface area contributed by atoms with E-state index in [1.807, 2.05) is 0 Å². The normalized spacial score (nSPS) is 29.0. The van der Waals surface area contributed by atoms with Gasteiger partial charge in [0.2, 0.25) is 0 Å². The van der Waals surface area contributed by atoms with Gasteiger partial charge in [-0.2, -0.15) is 0 Å². The first-order valence-electron chi connectivity index (χ1n) is 8.15. The molecule has 6 heteroatoms. The second-order valence-corrected chi connectivity index (χ2v) is 6.76. The van der Waals surface area contributed by atoms with Crippen LogP contribution in [0.1, 0.15) is 51.4 Å². The lowest BCUT2D eigenvalue weighted by Crippen LogP contribution is -2.59. The second kappa shape index (κ2) is 5.83. The lowest BCUT2D eigenvalue weighted by Gasteiger charge is -2.34. The molecule has 1 unspecified atom stereocenters. The van der Waals surface area contributed by atoms with Gasteiger partial charge in [-0.15, -0.1) is 0 Å². The zero-order valence-electron chi connectivity index (χ0n) is 12.4. The minimum Gasteiger partial charge on any atom is -0.480 e. The first-order chi connectivity index (χ1) is 10.1. The molecule has 6 nitrogen and oxygen atoms in total. The summed E-state index contributed by atoms with van der Waals surface area (Å²) in [5, 5.41) is 15.2. The maximum Gasteiger partial charge on any atom is 0.329 e. The number of carbonyl (C=O) groups excluding carboxylic acids is 1. The van der Waals surface area contributed by atoms with Crippen LogP contribution in [0.3, 0.4) is 0 Å². The molecule has 118 valence electrons. The summed E-state index contributed by atoms with van der Waals surface area (Å²) in [7, 11) is 0. The van der Waals surface area contributed by atoms with Crippen LogP contribution in [0.15, 0.2) is 0 Å². The van der Waals surface area contributed by atoms with Crippen molar-refractivity contribution in [1.82, 2.24) is 15.5 Å². The molecule has 21 heavy (non-hydrogen) atoms. The second-order valence-electron chi connectivity index (χ2n) is 6.76. The van der Waals surface area contributed by atoms with Crippen LogP contribution in [-0.2, 0) is 4.79 Å². The Labute approximate surface area is 125 Å². The number of aliphatic carboxylic acids is 1. The molecule has 0 aromatic rings. The molecule has 0 spiro atoms. The standard InChI is InChI=1S/C15H25N3O3/c19-13(20)15(7-2-1-3-8-15)17-14(21)16-11-6-9-18(10-11)12-4-5-12/h11-12H,1-10H2,(H,19,20)(H2,16,17,21). The highest BCUT2D eigenvalue weighted by atomic mass is 16.4. The van der Waals surface area contributed by atoms with Crippen molar-refractivity contribution in [1.29, 1.82) is 0 Å². The Balaban J connectivity index is 1.51. The van der Waals surface area contributed by atoms with Crippen molar-refractivity contribution in [2.75, 3.05) is 13.1 Å². The van der Waals surface area contributed by atoms with Gasteiger partial charge in [-0.1, -0.05) is 19.3 Å². The number of hydrogen-bond acceptors (Lipinski definition) is 3. The summed E-state index contributed by atoms with van der Waals surface area (Å²) in [5.74, 6) is -0.900. The third-order valence-electron chi connectivity index (χ3n) is 5.09. The quantitative estimate of drug-likeness (QED) is 0.730. The van der Waals surface area contributed by atoms with E-state index in [2.05, 4.69) is 15.5 Å². The van der Waals surface area contributed by atoms with Gasteiger partial charge in [0, 0.05) is 25.2 Å². The Bertz CT molecular complexity index is 416. The summed E-state index contributed by atoms with van der Waals surface area (Å²) in [6.45, 7) is 1.94. The van der Waals surface area contributed by atoms with Crippen molar-refractivity contribution in [3.8, 4) is 0 Å². The molecule has 1 heterocycles. The van der Waals surface area contributed by atoms with Gasteiger partial charge in [0.05, 0.1) is 0 Å². The molecule has 0 bridgehead atoms. The van der Waals surface area contributed by atoms with E-state index >= 15 is 0 Å². The Morgan fingerprint density at radius 3 is 2.43 bits per heavy atom. The molecule has 2 amide bonds. The molecule has 0 radical (unpaired) electrons. The maximum atomic E-state index is 12.2. The Hall–Kier alpha value is -1.30. The van der Waals surface area contributed by atoms with Crippen molar-refractivity contribution in [2.24, 2.45) is 0 Å². The van der Waals surface area contributed by atoms with Crippen molar-refractivity contribution in [2.45, 2.75) is 69.0 Å². The number of carbonyl (C=O) groups is 2. The lowest BCUT2D eigenvalue weighted by molar-refractivity contribution is -0.145. The molecule has 1 saturated heterocycles. The van der Waals surface area contributed by atoms with Crippen LogP contribution in [0, 0.1) is 0 Å². The Kier molecular flexibility index (Phi) is 4.06. The summed E-state index contributed by atoms with van der Waals surface area (Å²) in [5.41, 5.74) is -1.06. The zero-order chi connectivity index (χ0) is 14.9. The van der Waals surface area contributed by atoms with E-state index in [1.165, 1.54) is 12.8 Å². The fourth-order valence-electron chi connectivity index (χ4n) is 3.66. The van der Waals surface area contributed by atoms with Gasteiger partial charge in [0.15, 0.2) is 0 Å². The molecule has 0 aromatic carbocycles. The van der Waals surface area contributed by atoms with Crippen molar-refractivity contribution in [3.63, 3.8) is 0 Å². The van der Waals surface area contributed by atoms with Crippen LogP contribution < -0.4 is 10.6 Å². The fraction of sp³-hybridized carbons (Fsp3) is 0.867. The molecule has 0 aromatic heterocycles. The molecular formula is C15H25N3O3. The number of carboxylic acid groups (broad SMARTS) is 1. The maximum absolute atomic E-state index is 12.2. The monoisotopic (exact) mass is 295 g/mol. The first-order valence-corrected chi connectivity index (χ1v) is 8.15. The van der Waals surface area contributed by atoms with E-state index in [4.69, 9.17) is 0 Å². The predicted octanol–water partition coefficient (Wildman–Crippen LogP) is 1.31. The van der Waals surface area contributed by atoms with E-state index in [-0.39, 0.29) is 12.1 Å². The minimum absolute atomic E-state index is 0.153. The number of likely N-dealkylation sites (tertiary alicyclic amines) is 1. The van der Waals surface area contributed by atoms with Crippen molar-refractivity contribution < 1.29 is 14.7 Å². The number of hydrogen-bond donors (Lipinski definition) is 3. The van der Waals surface area contributed by atoms with Gasteiger partial charge >= 0.3 is 12.0 Å². The summed E-state index contributed by atoms with van der Waals surface area (Å²) in [6.07, 6.45) is 7.38. The molecule has 1 atom stereocenters. The van der Waals surface area contributed by atoms with Gasteiger partial charge < -0.3 is 15.7 Å². The molecular weight excluding hydrogens is 270 g/mol. The number of urea groups is 1. The average molecular weight is 295 g/mol. The van der Waals surface area contributed by atoms with E-state index in [9.17, 15) is 14.7 Å². The van der Waals surface area contributed by atoms with Crippen LogP contribution in [-0.4, -0.2) is 52.7 Å². The van der Waals surface area contributed by atoms with Gasteiger partial charge in [-0.05, 0) is 32.1 Å². The van der Waals surface area contributed by atoms with E-state index < -0.39 is 11.5 Å². The zero-order valence-corrected chi connectivity index (χ0v) is 12.4. The van der Waals surface area contributed by atoms with Gasteiger partial charge in [-0.25, -0.2) is 9.59 Å². The van der Waals surface area contributed by atoms with Gasteiger partial charge in [0.1, 0.15) is 5.54 Å². The fourth-order valence-corrected chi connectivity index (χ4v) is 3.66. The highest BCUT2D eigenvalue weighted by molar-refractivity contribution is 5.86. The molecule has 3 fully saturated rings. The summed E-state index contributed by atoms with van der Waals surface area (Å²) in [4.78, 5) is 26.1. The third kappa shape index (κ3) is 3.31. The third-order valence-corrected chi connectivity index (χ3v) is 5.09. The van der Waals surface area contributed by atoms with Crippen LogP contribution in [0.4, 0.5) is 4.79 Å². The first kappa shape index (κ1) is 14.6. The minimum atomic E-state index is -1.06. The summed E-state index contributed by atoms with van der Waals surface area (Å²) < 4.78 is 0. The summed E-state index contributed by atoms with van der Waals surface area (Å²) in [6, 6.07) is 0.561. The lowest BCUT2D eigenvalue weighted by atomic mass is 9.82. The molecule has 3 rings (SSSR count). The molecule has 1 aliphatic heterocycles. The number of rotatable bonds is 4. The van der Waals surface area contributed by atoms with Crippen LogP contribution in [0.5, 0.6) is 0 Å². The molecule has 3 N–H and O–H groups in total. The molecule has 3 aliphatic rings. The van der Waals surface area contributed by atoms with Crippen molar-refractivity contribution >= 4 is 12.0 Å². The SMILES string of the molecule is O=C(NC1CCN(C2CC2)C1)NC1(C(=O)O)CCCCC1. The Morgan fingerprint density at radius 1 is 1.10 bits per heavy atom. The van der Waals surface area contributed by atoms with Crippen LogP contribution in [0.25, 0.3) is 0 Å². The topological polar surface area (TPSA) is 81.7 Å². The molecule has 2 aliphatic carbocycles. The van der Waals surface area contributed by atoms with Crippen LogP contribution >= 0.6 is 0 Å². The average Bonchev–Trinajstić information content (AvgIpc) is 3.20. The van der Waals surface area contributed by atoms with Crippen LogP contribution in [0.2, 0.25) is 0 Å². The highest BCUT2D eigenvalue weighted by Crippen LogP contribution is 2.30. The van der Waals surface area contributed by atoms with Gasteiger partial charge in [0.25, 0.3) is 0 Å². The number of nitrogens with one attached hydrogen (secondary N) is 2. The highest BCUT2D eigenvalue weighted by Gasteiger charge is 2.42. The number of amides is 2.